The van der Waals surface area contributed by atoms with E-state index in [-0.39, 0.29) is 0 Å². The van der Waals surface area contributed by atoms with E-state index in [0.29, 0.717) is 12.6 Å². The van der Waals surface area contributed by atoms with Crippen LogP contribution in [0.4, 0.5) is 5.69 Å². The molecule has 0 aliphatic heterocycles. The normalized spacial score (nSPS) is 11.3. The second-order valence-electron chi connectivity index (χ2n) is 8.84. The summed E-state index contributed by atoms with van der Waals surface area (Å²) in [5.74, 6) is 0.506. The summed E-state index contributed by atoms with van der Waals surface area (Å²) in [6, 6.07) is 32.3. The van der Waals surface area contributed by atoms with Gasteiger partial charge in [-0.3, -0.25) is 0 Å². The number of hydrogen-bond acceptors (Lipinski definition) is 3. The maximum atomic E-state index is 5.88. The molecular formula is C30H40N2O. The zero-order valence-corrected chi connectivity index (χ0v) is 20.4. The van der Waals surface area contributed by atoms with E-state index in [4.69, 9.17) is 4.74 Å². The molecule has 3 rings (SSSR count). The van der Waals surface area contributed by atoms with Crippen LogP contribution in [0.15, 0.2) is 91.0 Å². The molecular weight excluding hydrogens is 404 g/mol. The van der Waals surface area contributed by atoms with Crippen LogP contribution in [0.3, 0.4) is 0 Å². The summed E-state index contributed by atoms with van der Waals surface area (Å²) in [4.78, 5) is 0. The first-order valence-corrected chi connectivity index (χ1v) is 12.4. The Balaban J connectivity index is 1.25. The minimum Gasteiger partial charge on any atom is -0.364 e. The van der Waals surface area contributed by atoms with Crippen molar-refractivity contribution in [2.75, 3.05) is 32.4 Å². The largest absolute Gasteiger partial charge is 0.364 e. The van der Waals surface area contributed by atoms with Gasteiger partial charge in [0.15, 0.2) is 0 Å². The summed E-state index contributed by atoms with van der Waals surface area (Å²) < 4.78 is 5.88. The van der Waals surface area contributed by atoms with Crippen molar-refractivity contribution in [2.24, 2.45) is 0 Å². The third kappa shape index (κ3) is 8.68. The van der Waals surface area contributed by atoms with E-state index in [9.17, 15) is 0 Å². The molecule has 0 atom stereocenters. The number of benzene rings is 3. The minimum atomic E-state index is 0.506. The molecule has 3 heteroatoms. The number of rotatable bonds is 15. The zero-order chi connectivity index (χ0) is 23.1. The van der Waals surface area contributed by atoms with E-state index in [0.717, 1.165) is 13.0 Å². The predicted octanol–water partition coefficient (Wildman–Crippen LogP) is 7.51. The summed E-state index contributed by atoms with van der Waals surface area (Å²) in [5, 5.41) is 4.23. The van der Waals surface area contributed by atoms with Gasteiger partial charge in [-0.1, -0.05) is 111 Å². The van der Waals surface area contributed by atoms with E-state index in [2.05, 4.69) is 109 Å². The number of nitrogens with zero attached hydrogens (tertiary/aromatic N) is 2. The molecule has 3 aromatic carbocycles. The van der Waals surface area contributed by atoms with E-state index in [1.54, 1.807) is 0 Å². The van der Waals surface area contributed by atoms with Crippen LogP contribution in [0.2, 0.25) is 0 Å². The van der Waals surface area contributed by atoms with Crippen molar-refractivity contribution in [3.63, 3.8) is 0 Å². The molecule has 33 heavy (non-hydrogen) atoms. The van der Waals surface area contributed by atoms with Crippen LogP contribution in [0.5, 0.6) is 0 Å². The highest BCUT2D eigenvalue weighted by Crippen LogP contribution is 2.30. The Labute approximate surface area is 201 Å². The summed E-state index contributed by atoms with van der Waals surface area (Å²) in [5.41, 5.74) is 4.04. The average Bonchev–Trinajstić information content (AvgIpc) is 2.88. The van der Waals surface area contributed by atoms with Crippen molar-refractivity contribution in [2.45, 2.75) is 50.9 Å². The van der Waals surface area contributed by atoms with E-state index in [1.165, 1.54) is 55.3 Å². The van der Waals surface area contributed by atoms with Gasteiger partial charge in [0.2, 0.25) is 0 Å². The smallest absolute Gasteiger partial charge is 0.116 e. The van der Waals surface area contributed by atoms with Crippen molar-refractivity contribution >= 4 is 5.69 Å². The quantitative estimate of drug-likeness (QED) is 0.137. The molecule has 0 amide bonds. The van der Waals surface area contributed by atoms with Gasteiger partial charge in [-0.2, -0.15) is 5.01 Å². The topological polar surface area (TPSA) is 15.7 Å². The molecule has 0 bridgehead atoms. The Morgan fingerprint density at radius 3 is 1.67 bits per heavy atom. The molecule has 3 nitrogen and oxygen atoms in total. The van der Waals surface area contributed by atoms with Crippen LogP contribution in [-0.2, 0) is 4.74 Å². The van der Waals surface area contributed by atoms with E-state index >= 15 is 0 Å². The third-order valence-corrected chi connectivity index (χ3v) is 6.36. The average molecular weight is 445 g/mol. The first-order valence-electron chi connectivity index (χ1n) is 12.4. The maximum Gasteiger partial charge on any atom is 0.116 e. The SMILES string of the molecule is CN(COCCCCCCCCC(c1ccccc1)c1ccccc1)N(C)c1ccccc1. The van der Waals surface area contributed by atoms with Crippen LogP contribution in [0.25, 0.3) is 0 Å². The Kier molecular flexibility index (Phi) is 11.0. The molecule has 0 heterocycles. The van der Waals surface area contributed by atoms with Crippen molar-refractivity contribution < 1.29 is 4.74 Å². The van der Waals surface area contributed by atoms with Crippen molar-refractivity contribution in [3.8, 4) is 0 Å². The van der Waals surface area contributed by atoms with Gasteiger partial charge < -0.3 is 9.75 Å². The highest BCUT2D eigenvalue weighted by atomic mass is 16.5. The lowest BCUT2D eigenvalue weighted by Crippen LogP contribution is -2.38. The molecule has 0 aliphatic rings. The number of unbranched alkanes of at least 4 members (excludes halogenated alkanes) is 5. The van der Waals surface area contributed by atoms with Crippen LogP contribution in [0, 0.1) is 0 Å². The lowest BCUT2D eigenvalue weighted by Gasteiger charge is -2.29. The van der Waals surface area contributed by atoms with Gasteiger partial charge in [0.05, 0.1) is 5.69 Å². The lowest BCUT2D eigenvalue weighted by molar-refractivity contribution is 0.0375. The van der Waals surface area contributed by atoms with E-state index < -0.39 is 0 Å². The molecule has 176 valence electrons. The molecule has 0 unspecified atom stereocenters. The van der Waals surface area contributed by atoms with Crippen LogP contribution >= 0.6 is 0 Å². The number of hydrazine groups is 1. The summed E-state index contributed by atoms with van der Waals surface area (Å²) >= 11 is 0. The van der Waals surface area contributed by atoms with Gasteiger partial charge >= 0.3 is 0 Å². The Hall–Kier alpha value is -2.62. The fraction of sp³-hybridized carbons (Fsp3) is 0.400. The molecule has 0 saturated heterocycles. The van der Waals surface area contributed by atoms with Gasteiger partial charge in [-0.15, -0.1) is 0 Å². The molecule has 0 aliphatic carbocycles. The molecule has 0 aromatic heterocycles. The zero-order valence-electron chi connectivity index (χ0n) is 20.4. The monoisotopic (exact) mass is 444 g/mol. The van der Waals surface area contributed by atoms with Gasteiger partial charge in [0.25, 0.3) is 0 Å². The molecule has 0 spiro atoms. The summed E-state index contributed by atoms with van der Waals surface area (Å²) in [6.45, 7) is 1.45. The summed E-state index contributed by atoms with van der Waals surface area (Å²) in [7, 11) is 4.13. The Bertz CT molecular complexity index is 830. The van der Waals surface area contributed by atoms with Crippen molar-refractivity contribution in [3.05, 3.63) is 102 Å². The molecule has 0 N–H and O–H groups in total. The van der Waals surface area contributed by atoms with Crippen LogP contribution in [0.1, 0.15) is 62.0 Å². The van der Waals surface area contributed by atoms with Crippen molar-refractivity contribution in [1.82, 2.24) is 5.01 Å². The second kappa shape index (κ2) is 14.5. The highest BCUT2D eigenvalue weighted by Gasteiger charge is 2.13. The van der Waals surface area contributed by atoms with E-state index in [1.807, 2.05) is 6.07 Å². The Morgan fingerprint density at radius 1 is 0.606 bits per heavy atom. The Morgan fingerprint density at radius 2 is 1.09 bits per heavy atom. The lowest BCUT2D eigenvalue weighted by atomic mass is 9.87. The number of para-hydroxylation sites is 1. The highest BCUT2D eigenvalue weighted by molar-refractivity contribution is 5.43. The van der Waals surface area contributed by atoms with Gasteiger partial charge in [-0.25, -0.2) is 0 Å². The van der Waals surface area contributed by atoms with Gasteiger partial charge in [-0.05, 0) is 36.1 Å². The molecule has 3 aromatic rings. The van der Waals surface area contributed by atoms with Crippen LogP contribution in [-0.4, -0.2) is 32.4 Å². The number of ether oxygens (including phenoxy) is 1. The minimum absolute atomic E-state index is 0.506. The summed E-state index contributed by atoms with van der Waals surface area (Å²) in [6.07, 6.45) is 8.80. The number of anilines is 1. The predicted molar refractivity (Wildman–Crippen MR) is 140 cm³/mol. The maximum absolute atomic E-state index is 5.88. The molecule has 0 radical (unpaired) electrons. The molecule has 0 fully saturated rings. The fourth-order valence-corrected chi connectivity index (χ4v) is 4.28. The van der Waals surface area contributed by atoms with Crippen LogP contribution < -0.4 is 5.01 Å². The third-order valence-electron chi connectivity index (χ3n) is 6.36. The first-order chi connectivity index (χ1) is 16.3. The van der Waals surface area contributed by atoms with Gasteiger partial charge in [0.1, 0.15) is 6.73 Å². The van der Waals surface area contributed by atoms with Crippen molar-refractivity contribution in [1.29, 1.82) is 0 Å². The van der Waals surface area contributed by atoms with Gasteiger partial charge in [0, 0.05) is 26.6 Å². The second-order valence-corrected chi connectivity index (χ2v) is 8.84. The number of hydrogen-bond donors (Lipinski definition) is 0. The molecule has 0 saturated carbocycles. The standard InChI is InChI=1S/C30H40N2O/c1-31(32(2)29-22-14-9-15-23-29)26-33-25-17-6-4-3-5-16-24-30(27-18-10-7-11-19-27)28-20-12-8-13-21-28/h7-15,18-23,30H,3-6,16-17,24-26H2,1-2H3. The fourth-order valence-electron chi connectivity index (χ4n) is 4.28. The first kappa shape index (κ1) is 25.0.